The fraction of sp³-hybridized carbons (Fsp3) is 0.385. The Kier molecular flexibility index (Phi) is 3.92. The number of fused-ring (bicyclic) bond motifs is 1. The second kappa shape index (κ2) is 5.63. The maximum Gasteiger partial charge on any atom is 0.231 e. The lowest BCUT2D eigenvalue weighted by molar-refractivity contribution is 0.171. The third-order valence-electron chi connectivity index (χ3n) is 2.77. The number of nitrogens with two attached hydrogens (primary N) is 1. The number of hydrogen-bond acceptors (Lipinski definition) is 5. The van der Waals surface area contributed by atoms with Gasteiger partial charge in [-0.25, -0.2) is 0 Å². The molecule has 1 aliphatic heterocycles. The topological polar surface area (TPSA) is 65.7 Å². The molecule has 0 amide bonds. The highest BCUT2D eigenvalue weighted by atomic mass is 16.7. The molecule has 0 bridgehead atoms. The van der Waals surface area contributed by atoms with Gasteiger partial charge in [0.15, 0.2) is 11.5 Å². The summed E-state index contributed by atoms with van der Waals surface area (Å²) in [6, 6.07) is 3.74. The first-order valence-corrected chi connectivity index (χ1v) is 5.64. The van der Waals surface area contributed by atoms with Gasteiger partial charge in [-0.15, -0.1) is 6.42 Å². The molecule has 0 aromatic heterocycles. The third kappa shape index (κ3) is 2.35. The maximum absolute atomic E-state index is 5.74. The van der Waals surface area contributed by atoms with Crippen molar-refractivity contribution in [2.75, 3.05) is 27.0 Å². The molecule has 1 aromatic carbocycles. The van der Waals surface area contributed by atoms with Crippen LogP contribution in [-0.4, -0.2) is 27.0 Å². The molecule has 1 aromatic rings. The predicted molar refractivity (Wildman–Crippen MR) is 67.7 cm³/mol. The normalized spacial score (nSPS) is 14.1. The minimum absolute atomic E-state index is 0.0375. The van der Waals surface area contributed by atoms with Gasteiger partial charge in [-0.1, -0.05) is 5.92 Å². The van der Waals surface area contributed by atoms with Gasteiger partial charge in [-0.3, -0.25) is 5.32 Å². The fourth-order valence-corrected chi connectivity index (χ4v) is 1.87. The summed E-state index contributed by atoms with van der Waals surface area (Å²) in [5.74, 6) is 4.47. The van der Waals surface area contributed by atoms with Crippen molar-refractivity contribution >= 4 is 0 Å². The van der Waals surface area contributed by atoms with Crippen LogP contribution in [0, 0.1) is 12.3 Å². The Hall–Kier alpha value is -1.90. The quantitative estimate of drug-likeness (QED) is 0.749. The Morgan fingerprint density at radius 2 is 2.39 bits per heavy atom. The van der Waals surface area contributed by atoms with E-state index in [-0.39, 0.29) is 12.8 Å². The van der Waals surface area contributed by atoms with E-state index in [0.717, 1.165) is 5.56 Å². The largest absolute Gasteiger partial charge is 0.493 e. The van der Waals surface area contributed by atoms with Crippen LogP contribution in [0.15, 0.2) is 12.1 Å². The van der Waals surface area contributed by atoms with Crippen LogP contribution in [0.25, 0.3) is 0 Å². The van der Waals surface area contributed by atoms with Crippen LogP contribution in [0.4, 0.5) is 0 Å². The second-order valence-corrected chi connectivity index (χ2v) is 3.83. The van der Waals surface area contributed by atoms with Crippen LogP contribution in [0.1, 0.15) is 11.6 Å². The van der Waals surface area contributed by atoms with Crippen LogP contribution in [-0.2, 0) is 0 Å². The number of rotatable bonds is 5. The highest BCUT2D eigenvalue weighted by molar-refractivity contribution is 5.55. The first-order valence-electron chi connectivity index (χ1n) is 5.64. The lowest BCUT2D eigenvalue weighted by Crippen LogP contribution is -2.28. The Labute approximate surface area is 106 Å². The minimum Gasteiger partial charge on any atom is -0.493 e. The van der Waals surface area contributed by atoms with Crippen molar-refractivity contribution in [1.82, 2.24) is 5.32 Å². The standard InChI is InChI=1S/C13H16N2O3/c1-3-4-15-10(7-14)9-5-11(16-2)13-12(6-9)17-8-18-13/h1,5-6,10,15H,4,7-8,14H2,2H3. The molecule has 0 saturated heterocycles. The van der Waals surface area contributed by atoms with E-state index in [1.807, 2.05) is 12.1 Å². The number of nitrogens with one attached hydrogen (secondary N) is 1. The minimum atomic E-state index is -0.0375. The van der Waals surface area contributed by atoms with E-state index in [2.05, 4.69) is 11.2 Å². The zero-order valence-electron chi connectivity index (χ0n) is 10.2. The van der Waals surface area contributed by atoms with E-state index in [1.54, 1.807) is 7.11 Å². The zero-order valence-corrected chi connectivity index (χ0v) is 10.2. The van der Waals surface area contributed by atoms with Crippen LogP contribution < -0.4 is 25.3 Å². The molecule has 1 atom stereocenters. The van der Waals surface area contributed by atoms with Gasteiger partial charge in [0.25, 0.3) is 0 Å². The summed E-state index contributed by atoms with van der Waals surface area (Å²) in [5.41, 5.74) is 6.70. The summed E-state index contributed by atoms with van der Waals surface area (Å²) < 4.78 is 16.0. The van der Waals surface area contributed by atoms with Crippen LogP contribution in [0.3, 0.4) is 0 Å². The van der Waals surface area contributed by atoms with Crippen molar-refractivity contribution in [1.29, 1.82) is 0 Å². The van der Waals surface area contributed by atoms with Crippen molar-refractivity contribution < 1.29 is 14.2 Å². The van der Waals surface area contributed by atoms with Crippen molar-refractivity contribution in [3.05, 3.63) is 17.7 Å². The van der Waals surface area contributed by atoms with Crippen molar-refractivity contribution in [2.45, 2.75) is 6.04 Å². The molecule has 1 unspecified atom stereocenters. The van der Waals surface area contributed by atoms with Crippen molar-refractivity contribution in [3.63, 3.8) is 0 Å². The van der Waals surface area contributed by atoms with Gasteiger partial charge in [0, 0.05) is 12.6 Å². The Morgan fingerprint density at radius 1 is 1.56 bits per heavy atom. The van der Waals surface area contributed by atoms with Crippen LogP contribution in [0.2, 0.25) is 0 Å². The van der Waals surface area contributed by atoms with Crippen LogP contribution >= 0.6 is 0 Å². The average Bonchev–Trinajstić information content (AvgIpc) is 2.87. The SMILES string of the molecule is C#CCNC(CN)c1cc(OC)c2c(c1)OCO2. The highest BCUT2D eigenvalue weighted by Crippen LogP contribution is 2.42. The molecule has 0 fully saturated rings. The molecule has 2 rings (SSSR count). The second-order valence-electron chi connectivity index (χ2n) is 3.83. The van der Waals surface area contributed by atoms with Gasteiger partial charge in [0.2, 0.25) is 12.5 Å². The summed E-state index contributed by atoms with van der Waals surface area (Å²) in [4.78, 5) is 0. The molecule has 0 spiro atoms. The van der Waals surface area contributed by atoms with Crippen LogP contribution in [0.5, 0.6) is 17.2 Å². The number of methoxy groups -OCH3 is 1. The Bertz CT molecular complexity index is 468. The Balaban J connectivity index is 2.30. The number of benzene rings is 1. The summed E-state index contributed by atoms with van der Waals surface area (Å²) in [6.07, 6.45) is 5.23. The summed E-state index contributed by atoms with van der Waals surface area (Å²) >= 11 is 0. The first kappa shape index (κ1) is 12.6. The van der Waals surface area contributed by atoms with E-state index in [4.69, 9.17) is 26.4 Å². The monoisotopic (exact) mass is 248 g/mol. The summed E-state index contributed by atoms with van der Waals surface area (Å²) in [5, 5.41) is 3.16. The molecule has 5 heteroatoms. The Morgan fingerprint density at radius 3 is 3.06 bits per heavy atom. The van der Waals surface area contributed by atoms with E-state index in [0.29, 0.717) is 30.3 Å². The molecule has 18 heavy (non-hydrogen) atoms. The number of terminal acetylenes is 1. The fourth-order valence-electron chi connectivity index (χ4n) is 1.87. The van der Waals surface area contributed by atoms with Gasteiger partial charge >= 0.3 is 0 Å². The van der Waals surface area contributed by atoms with Gasteiger partial charge < -0.3 is 19.9 Å². The molecule has 0 saturated carbocycles. The van der Waals surface area contributed by atoms with E-state index in [1.165, 1.54) is 0 Å². The molecule has 5 nitrogen and oxygen atoms in total. The van der Waals surface area contributed by atoms with Gasteiger partial charge in [-0.2, -0.15) is 0 Å². The molecule has 1 heterocycles. The van der Waals surface area contributed by atoms with E-state index in [9.17, 15) is 0 Å². The average molecular weight is 248 g/mol. The lowest BCUT2D eigenvalue weighted by atomic mass is 10.1. The molecule has 0 radical (unpaired) electrons. The van der Waals surface area contributed by atoms with Gasteiger partial charge in [0.1, 0.15) is 0 Å². The maximum atomic E-state index is 5.74. The smallest absolute Gasteiger partial charge is 0.231 e. The van der Waals surface area contributed by atoms with Crippen molar-refractivity contribution in [2.24, 2.45) is 5.73 Å². The summed E-state index contributed by atoms with van der Waals surface area (Å²) in [7, 11) is 1.59. The predicted octanol–water partition coefficient (Wildman–Crippen LogP) is 0.646. The van der Waals surface area contributed by atoms with Crippen molar-refractivity contribution in [3.8, 4) is 29.6 Å². The first-order chi connectivity index (χ1) is 8.80. The van der Waals surface area contributed by atoms with Gasteiger partial charge in [0.05, 0.1) is 13.7 Å². The van der Waals surface area contributed by atoms with Gasteiger partial charge in [-0.05, 0) is 17.7 Å². The molecule has 3 N–H and O–H groups in total. The van der Waals surface area contributed by atoms with E-state index >= 15 is 0 Å². The molecular weight excluding hydrogens is 232 g/mol. The zero-order chi connectivity index (χ0) is 13.0. The molecule has 0 aliphatic carbocycles. The third-order valence-corrected chi connectivity index (χ3v) is 2.77. The molecule has 1 aliphatic rings. The molecular formula is C13H16N2O3. The summed E-state index contributed by atoms with van der Waals surface area (Å²) in [6.45, 7) is 1.10. The highest BCUT2D eigenvalue weighted by Gasteiger charge is 2.22. The number of ether oxygens (including phenoxy) is 3. The van der Waals surface area contributed by atoms with E-state index < -0.39 is 0 Å². The molecule has 96 valence electrons. The number of hydrogen-bond donors (Lipinski definition) is 2. The lowest BCUT2D eigenvalue weighted by Gasteiger charge is -2.17.